The molecule has 1 aromatic rings. The highest BCUT2D eigenvalue weighted by Gasteiger charge is 2.51. The van der Waals surface area contributed by atoms with E-state index in [1.54, 1.807) is 6.20 Å². The minimum absolute atomic E-state index is 0.0535. The van der Waals surface area contributed by atoms with Crippen molar-refractivity contribution in [2.75, 3.05) is 38.7 Å². The van der Waals surface area contributed by atoms with Gasteiger partial charge in [0.15, 0.2) is 0 Å². The predicted molar refractivity (Wildman–Crippen MR) is 112 cm³/mol. The highest BCUT2D eigenvalue weighted by molar-refractivity contribution is 8.01. The van der Waals surface area contributed by atoms with Gasteiger partial charge in [0, 0.05) is 44.9 Å². The van der Waals surface area contributed by atoms with Gasteiger partial charge in [-0.15, -0.1) is 11.8 Å². The molecule has 0 bridgehead atoms. The van der Waals surface area contributed by atoms with Crippen LogP contribution in [0.4, 0.5) is 13.2 Å². The van der Waals surface area contributed by atoms with Gasteiger partial charge in [0.05, 0.1) is 10.9 Å². The molecule has 7 nitrogen and oxygen atoms in total. The number of aliphatic carboxylic acids is 1. The monoisotopic (exact) mass is 476 g/mol. The minimum Gasteiger partial charge on any atom is -0.475 e. The number of hydrogen-bond acceptors (Lipinski definition) is 6. The van der Waals surface area contributed by atoms with Gasteiger partial charge in [0.25, 0.3) is 5.91 Å². The van der Waals surface area contributed by atoms with E-state index in [1.807, 2.05) is 35.7 Å². The largest absolute Gasteiger partial charge is 0.490 e. The topological polar surface area (TPSA) is 89.0 Å². The molecular weight excluding hydrogens is 449 g/mol. The van der Waals surface area contributed by atoms with Gasteiger partial charge in [0.1, 0.15) is 5.69 Å². The molecule has 1 atom stereocenters. The summed E-state index contributed by atoms with van der Waals surface area (Å²) in [5.74, 6) is -0.999. The van der Waals surface area contributed by atoms with Crippen LogP contribution >= 0.6 is 11.8 Å². The molecule has 4 heterocycles. The van der Waals surface area contributed by atoms with Crippen LogP contribution in [0.5, 0.6) is 0 Å². The van der Waals surface area contributed by atoms with E-state index < -0.39 is 12.1 Å². The summed E-state index contributed by atoms with van der Waals surface area (Å²) >= 11 is 1.98. The van der Waals surface area contributed by atoms with Gasteiger partial charge >= 0.3 is 12.1 Å². The van der Waals surface area contributed by atoms with E-state index >= 15 is 0 Å². The summed E-state index contributed by atoms with van der Waals surface area (Å²) in [6.07, 6.45) is 0.315. The van der Waals surface area contributed by atoms with Gasteiger partial charge in [-0.1, -0.05) is 6.07 Å². The number of carboxylic acid groups (broad SMARTS) is 1. The van der Waals surface area contributed by atoms with Gasteiger partial charge in [-0.05, 0) is 43.7 Å². The molecule has 1 spiro atoms. The molecule has 0 aromatic carbocycles. The van der Waals surface area contributed by atoms with Crippen molar-refractivity contribution in [1.29, 1.82) is 0 Å². The van der Waals surface area contributed by atoms with Crippen LogP contribution in [0.1, 0.15) is 35.3 Å². The number of halogens is 3. The fraction of sp³-hybridized carbons (Fsp3) is 0.667. The van der Waals surface area contributed by atoms with Crippen molar-refractivity contribution < 1.29 is 37.3 Å². The Balaban J connectivity index is 0.000000360. The summed E-state index contributed by atoms with van der Waals surface area (Å²) < 4.78 is 43.5. The second-order valence-corrected chi connectivity index (χ2v) is 9.88. The number of amides is 1. The second kappa shape index (κ2) is 10.4. The van der Waals surface area contributed by atoms with Crippen LogP contribution in [-0.2, 0) is 14.3 Å². The molecule has 11 heteroatoms. The number of alkyl halides is 3. The van der Waals surface area contributed by atoms with E-state index in [2.05, 4.69) is 4.98 Å². The predicted octanol–water partition coefficient (Wildman–Crippen LogP) is 3.17. The Morgan fingerprint density at radius 2 is 1.97 bits per heavy atom. The third-order valence-electron chi connectivity index (χ3n) is 5.70. The summed E-state index contributed by atoms with van der Waals surface area (Å²) in [5.41, 5.74) is 1.63. The minimum atomic E-state index is -5.08. The van der Waals surface area contributed by atoms with Crippen LogP contribution in [0.3, 0.4) is 0 Å². The smallest absolute Gasteiger partial charge is 0.475 e. The lowest BCUT2D eigenvalue weighted by Gasteiger charge is -2.47. The number of carbonyl (C=O) groups is 2. The van der Waals surface area contributed by atoms with E-state index in [0.717, 1.165) is 63.5 Å². The SMILES string of the molecule is Cc1ccc(C(=O)N2CC3(CC(OCC4CCOCC4)CS3)C2)nc1.O=C(O)C(F)(F)F. The summed E-state index contributed by atoms with van der Waals surface area (Å²) in [5, 5.41) is 7.12. The van der Waals surface area contributed by atoms with Gasteiger partial charge < -0.3 is 19.5 Å². The number of aromatic nitrogens is 1. The molecule has 1 amide bonds. The first kappa shape index (κ1) is 24.8. The summed E-state index contributed by atoms with van der Waals surface area (Å²) in [6.45, 7) is 6.24. The Morgan fingerprint density at radius 3 is 2.53 bits per heavy atom. The lowest BCUT2D eigenvalue weighted by molar-refractivity contribution is -0.192. The first-order chi connectivity index (χ1) is 15.1. The van der Waals surface area contributed by atoms with Crippen molar-refractivity contribution in [2.45, 2.75) is 43.2 Å². The van der Waals surface area contributed by atoms with Crippen molar-refractivity contribution >= 4 is 23.6 Å². The third-order valence-corrected chi connectivity index (χ3v) is 7.28. The van der Waals surface area contributed by atoms with Gasteiger partial charge in [-0.2, -0.15) is 13.2 Å². The summed E-state index contributed by atoms with van der Waals surface area (Å²) in [6, 6.07) is 3.77. The van der Waals surface area contributed by atoms with E-state index in [-0.39, 0.29) is 10.7 Å². The summed E-state index contributed by atoms with van der Waals surface area (Å²) in [4.78, 5) is 27.6. The Bertz CT molecular complexity index is 794. The zero-order valence-corrected chi connectivity index (χ0v) is 18.6. The lowest BCUT2D eigenvalue weighted by Crippen LogP contribution is -2.60. The Morgan fingerprint density at radius 1 is 1.31 bits per heavy atom. The van der Waals surface area contributed by atoms with Crippen LogP contribution in [0, 0.1) is 12.8 Å². The molecule has 0 saturated carbocycles. The summed E-state index contributed by atoms with van der Waals surface area (Å²) in [7, 11) is 0. The molecular formula is C21H27F3N2O5S. The first-order valence-electron chi connectivity index (χ1n) is 10.4. The van der Waals surface area contributed by atoms with E-state index in [1.165, 1.54) is 0 Å². The third kappa shape index (κ3) is 6.58. The maximum Gasteiger partial charge on any atom is 0.490 e. The molecule has 0 radical (unpaired) electrons. The number of likely N-dealkylation sites (tertiary alicyclic amines) is 1. The van der Waals surface area contributed by atoms with Crippen LogP contribution in [0.2, 0.25) is 0 Å². The van der Waals surface area contributed by atoms with Crippen molar-refractivity contribution in [1.82, 2.24) is 9.88 Å². The van der Waals surface area contributed by atoms with Crippen LogP contribution in [-0.4, -0.2) is 82.6 Å². The molecule has 32 heavy (non-hydrogen) atoms. The first-order valence-corrected chi connectivity index (χ1v) is 11.4. The van der Waals surface area contributed by atoms with Crippen molar-refractivity contribution in [2.24, 2.45) is 5.92 Å². The molecule has 1 aromatic heterocycles. The van der Waals surface area contributed by atoms with Gasteiger partial charge in [0.2, 0.25) is 0 Å². The van der Waals surface area contributed by atoms with Crippen molar-refractivity contribution in [3.05, 3.63) is 29.6 Å². The molecule has 3 aliphatic heterocycles. The second-order valence-electron chi connectivity index (χ2n) is 8.39. The number of thioether (sulfide) groups is 1. The van der Waals surface area contributed by atoms with Gasteiger partial charge in [-0.3, -0.25) is 9.78 Å². The number of ether oxygens (including phenoxy) is 2. The lowest BCUT2D eigenvalue weighted by atomic mass is 9.92. The van der Waals surface area contributed by atoms with Crippen molar-refractivity contribution in [3.63, 3.8) is 0 Å². The number of carboxylic acids is 1. The molecule has 0 aliphatic carbocycles. The van der Waals surface area contributed by atoms with Crippen molar-refractivity contribution in [3.8, 4) is 0 Å². The van der Waals surface area contributed by atoms with E-state index in [9.17, 15) is 18.0 Å². The van der Waals surface area contributed by atoms with E-state index in [4.69, 9.17) is 19.4 Å². The average molecular weight is 477 g/mol. The highest BCUT2D eigenvalue weighted by Crippen LogP contribution is 2.46. The number of carbonyl (C=O) groups excluding carboxylic acids is 1. The number of pyridine rings is 1. The number of hydrogen-bond donors (Lipinski definition) is 1. The van der Waals surface area contributed by atoms with E-state index in [0.29, 0.717) is 17.7 Å². The molecule has 3 aliphatic rings. The Hall–Kier alpha value is -1.85. The molecule has 3 fully saturated rings. The Kier molecular flexibility index (Phi) is 8.05. The van der Waals surface area contributed by atoms with Crippen LogP contribution < -0.4 is 0 Å². The molecule has 1 unspecified atom stereocenters. The maximum absolute atomic E-state index is 12.5. The van der Waals surface area contributed by atoms with Crippen LogP contribution in [0.25, 0.3) is 0 Å². The molecule has 4 rings (SSSR count). The fourth-order valence-electron chi connectivity index (χ4n) is 3.86. The fourth-order valence-corrected chi connectivity index (χ4v) is 5.42. The maximum atomic E-state index is 12.5. The zero-order valence-electron chi connectivity index (χ0n) is 17.8. The number of nitrogens with zero attached hydrogens (tertiary/aromatic N) is 2. The zero-order chi connectivity index (χ0) is 23.4. The highest BCUT2D eigenvalue weighted by atomic mass is 32.2. The molecule has 178 valence electrons. The molecule has 1 N–H and O–H groups in total. The quantitative estimate of drug-likeness (QED) is 0.714. The van der Waals surface area contributed by atoms with Gasteiger partial charge in [-0.25, -0.2) is 4.79 Å². The molecule has 3 saturated heterocycles. The normalized spacial score (nSPS) is 22.8. The Labute approximate surface area is 188 Å². The standard InChI is InChI=1S/C19H26N2O3S.C2HF3O2/c1-14-2-3-17(20-9-14)18(22)21-12-19(13-21)8-16(11-25-19)24-10-15-4-6-23-7-5-15;3-2(4,5)1(6)7/h2-3,9,15-16H,4-8,10-13H2,1H3;(H,6,7). The average Bonchev–Trinajstić information content (AvgIpc) is 3.17. The number of aryl methyl sites for hydroxylation is 1. The number of rotatable bonds is 4. The van der Waals surface area contributed by atoms with Crippen LogP contribution in [0.15, 0.2) is 18.3 Å².